The maximum Gasteiger partial charge on any atom is 0.227 e. The lowest BCUT2D eigenvalue weighted by molar-refractivity contribution is -0.132. The molecule has 31 heavy (non-hydrogen) atoms. The summed E-state index contributed by atoms with van der Waals surface area (Å²) in [6.45, 7) is 3.83. The van der Waals surface area contributed by atoms with Gasteiger partial charge in [0.15, 0.2) is 0 Å². The molecule has 4 rings (SSSR count). The molecule has 0 radical (unpaired) electrons. The van der Waals surface area contributed by atoms with Crippen molar-refractivity contribution in [3.05, 3.63) is 77.6 Å². The molecule has 0 atom stereocenters. The Hall–Kier alpha value is -3.57. The van der Waals surface area contributed by atoms with E-state index in [1.807, 2.05) is 35.2 Å². The van der Waals surface area contributed by atoms with Gasteiger partial charge in [0.05, 0.1) is 17.7 Å². The van der Waals surface area contributed by atoms with E-state index in [4.69, 9.17) is 5.26 Å². The summed E-state index contributed by atoms with van der Waals surface area (Å²) < 4.78 is 15.1. The maximum absolute atomic E-state index is 13.4. The fourth-order valence-electron chi connectivity index (χ4n) is 3.72. The zero-order chi connectivity index (χ0) is 21.6. The predicted octanol–water partition coefficient (Wildman–Crippen LogP) is 2.21. The predicted molar refractivity (Wildman–Crippen MR) is 113 cm³/mol. The monoisotopic (exact) mass is 418 g/mol. The Balaban J connectivity index is 1.24. The van der Waals surface area contributed by atoms with Crippen molar-refractivity contribution in [3.8, 4) is 11.8 Å². The summed E-state index contributed by atoms with van der Waals surface area (Å²) >= 11 is 0. The van der Waals surface area contributed by atoms with Crippen LogP contribution in [0.3, 0.4) is 0 Å². The highest BCUT2D eigenvalue weighted by Crippen LogP contribution is 2.13. The molecule has 1 fully saturated rings. The zero-order valence-electron chi connectivity index (χ0n) is 17.1. The van der Waals surface area contributed by atoms with E-state index in [0.29, 0.717) is 19.5 Å². The van der Waals surface area contributed by atoms with Gasteiger partial charge in [-0.1, -0.05) is 18.2 Å². The van der Waals surface area contributed by atoms with Crippen molar-refractivity contribution in [2.24, 2.45) is 0 Å². The van der Waals surface area contributed by atoms with E-state index in [0.717, 1.165) is 42.9 Å². The quantitative estimate of drug-likeness (QED) is 0.613. The molecular formula is C23H23FN6O. The van der Waals surface area contributed by atoms with Crippen LogP contribution in [0.1, 0.15) is 16.7 Å². The molecule has 8 heteroatoms. The first-order valence-corrected chi connectivity index (χ1v) is 10.2. The smallest absolute Gasteiger partial charge is 0.227 e. The molecule has 7 nitrogen and oxygen atoms in total. The largest absolute Gasteiger partial charge is 0.340 e. The number of nitriles is 1. The van der Waals surface area contributed by atoms with Gasteiger partial charge >= 0.3 is 0 Å². The third kappa shape index (κ3) is 5.13. The molecule has 1 aliphatic heterocycles. The molecule has 2 aromatic carbocycles. The highest BCUT2D eigenvalue weighted by atomic mass is 19.1. The Labute approximate surface area is 180 Å². The normalized spacial score (nSPS) is 14.4. The molecule has 0 aliphatic carbocycles. The van der Waals surface area contributed by atoms with Gasteiger partial charge in [-0.3, -0.25) is 9.69 Å². The Morgan fingerprint density at radius 2 is 1.81 bits per heavy atom. The van der Waals surface area contributed by atoms with Gasteiger partial charge in [0.25, 0.3) is 0 Å². The van der Waals surface area contributed by atoms with Gasteiger partial charge in [-0.15, -0.1) is 0 Å². The van der Waals surface area contributed by atoms with E-state index in [1.165, 1.54) is 12.4 Å². The van der Waals surface area contributed by atoms with Crippen LogP contribution in [0.2, 0.25) is 0 Å². The van der Waals surface area contributed by atoms with Crippen molar-refractivity contribution in [1.29, 1.82) is 5.26 Å². The number of hydrogen-bond acceptors (Lipinski definition) is 5. The van der Waals surface area contributed by atoms with Crippen molar-refractivity contribution in [3.63, 3.8) is 0 Å². The summed E-state index contributed by atoms with van der Waals surface area (Å²) in [6.07, 6.45) is 4.25. The minimum atomic E-state index is -0.480. The van der Waals surface area contributed by atoms with E-state index < -0.39 is 5.82 Å². The second-order valence-electron chi connectivity index (χ2n) is 7.58. The van der Waals surface area contributed by atoms with E-state index in [2.05, 4.69) is 15.0 Å². The van der Waals surface area contributed by atoms with Gasteiger partial charge in [-0.05, 0) is 41.8 Å². The van der Waals surface area contributed by atoms with Crippen molar-refractivity contribution in [1.82, 2.24) is 24.6 Å². The van der Waals surface area contributed by atoms with Crippen molar-refractivity contribution >= 4 is 5.91 Å². The molecule has 1 amide bonds. The number of carbonyl (C=O) groups excluding carboxylic acids is 1. The first-order chi connectivity index (χ1) is 15.1. The lowest BCUT2D eigenvalue weighted by Gasteiger charge is -2.34. The first-order valence-electron chi connectivity index (χ1n) is 10.2. The molecule has 1 saturated heterocycles. The fraction of sp³-hybridized carbons (Fsp3) is 0.304. The van der Waals surface area contributed by atoms with Crippen LogP contribution in [-0.2, 0) is 17.6 Å². The average Bonchev–Trinajstić information content (AvgIpc) is 3.34. The summed E-state index contributed by atoms with van der Waals surface area (Å²) in [6, 6.07) is 14.3. The molecule has 3 aromatic rings. The van der Waals surface area contributed by atoms with Gasteiger partial charge in [0.1, 0.15) is 24.5 Å². The molecular weight excluding hydrogens is 395 g/mol. The molecule has 2 heterocycles. The topological polar surface area (TPSA) is 78.0 Å². The van der Waals surface area contributed by atoms with E-state index in [1.54, 1.807) is 23.1 Å². The third-order valence-electron chi connectivity index (χ3n) is 5.57. The summed E-state index contributed by atoms with van der Waals surface area (Å²) in [5.41, 5.74) is 2.92. The Bertz CT molecular complexity index is 1070. The molecule has 1 aromatic heterocycles. The van der Waals surface area contributed by atoms with E-state index in [9.17, 15) is 9.18 Å². The molecule has 0 saturated carbocycles. The number of carbonyl (C=O) groups is 1. The number of halogens is 1. The number of aromatic nitrogens is 3. The summed E-state index contributed by atoms with van der Waals surface area (Å²) in [7, 11) is 0. The molecule has 1 aliphatic rings. The van der Waals surface area contributed by atoms with Crippen molar-refractivity contribution in [2.75, 3.05) is 32.7 Å². The summed E-state index contributed by atoms with van der Waals surface area (Å²) in [5, 5.41) is 13.1. The molecule has 0 spiro atoms. The van der Waals surface area contributed by atoms with Crippen LogP contribution < -0.4 is 0 Å². The van der Waals surface area contributed by atoms with Crippen molar-refractivity contribution in [2.45, 2.75) is 12.8 Å². The third-order valence-corrected chi connectivity index (χ3v) is 5.57. The lowest BCUT2D eigenvalue weighted by Crippen LogP contribution is -2.49. The van der Waals surface area contributed by atoms with Crippen LogP contribution in [0.15, 0.2) is 55.1 Å². The molecule has 0 N–H and O–H groups in total. The number of hydrogen-bond donors (Lipinski definition) is 0. The second-order valence-corrected chi connectivity index (χ2v) is 7.58. The van der Waals surface area contributed by atoms with Crippen molar-refractivity contribution < 1.29 is 9.18 Å². The number of nitrogens with zero attached hydrogens (tertiary/aromatic N) is 6. The highest BCUT2D eigenvalue weighted by Gasteiger charge is 2.21. The number of piperazine rings is 1. The van der Waals surface area contributed by atoms with Crippen LogP contribution >= 0.6 is 0 Å². The Kier molecular flexibility index (Phi) is 6.34. The maximum atomic E-state index is 13.4. The van der Waals surface area contributed by atoms with E-state index in [-0.39, 0.29) is 11.5 Å². The fourth-order valence-corrected chi connectivity index (χ4v) is 3.72. The first kappa shape index (κ1) is 20.7. The highest BCUT2D eigenvalue weighted by molar-refractivity contribution is 5.79. The zero-order valence-corrected chi connectivity index (χ0v) is 17.1. The van der Waals surface area contributed by atoms with E-state index >= 15 is 0 Å². The standard InChI is InChI=1S/C23H23FN6O/c24-22-6-3-19(13-20(22)15-25)7-8-28-9-11-29(12-10-28)23(31)14-18-1-4-21(5-2-18)30-17-26-16-27-30/h1-6,13,16-17H,7-12,14H2. The van der Waals surface area contributed by atoms with Gasteiger partial charge in [-0.2, -0.15) is 10.4 Å². The number of amides is 1. The van der Waals surface area contributed by atoms with Crippen LogP contribution in [-0.4, -0.2) is 63.2 Å². The van der Waals surface area contributed by atoms with Crippen LogP contribution in [0.5, 0.6) is 0 Å². The lowest BCUT2D eigenvalue weighted by atomic mass is 10.1. The SMILES string of the molecule is N#Cc1cc(CCN2CCN(C(=O)Cc3ccc(-n4cncn4)cc3)CC2)ccc1F. The summed E-state index contributed by atoms with van der Waals surface area (Å²) in [5.74, 6) is -0.350. The van der Waals surface area contributed by atoms with Gasteiger partial charge in [0.2, 0.25) is 5.91 Å². The molecule has 158 valence electrons. The van der Waals surface area contributed by atoms with Crippen LogP contribution in [0.4, 0.5) is 4.39 Å². The Morgan fingerprint density at radius 3 is 2.48 bits per heavy atom. The van der Waals surface area contributed by atoms with Gasteiger partial charge in [0, 0.05) is 32.7 Å². The number of rotatable bonds is 6. The molecule has 0 unspecified atom stereocenters. The summed E-state index contributed by atoms with van der Waals surface area (Å²) in [4.78, 5) is 20.8. The number of benzene rings is 2. The minimum Gasteiger partial charge on any atom is -0.340 e. The molecule has 0 bridgehead atoms. The Morgan fingerprint density at radius 1 is 1.06 bits per heavy atom. The van der Waals surface area contributed by atoms with Gasteiger partial charge in [-0.25, -0.2) is 14.1 Å². The second kappa shape index (κ2) is 9.49. The van der Waals surface area contributed by atoms with Crippen LogP contribution in [0.25, 0.3) is 5.69 Å². The average molecular weight is 418 g/mol. The van der Waals surface area contributed by atoms with Gasteiger partial charge < -0.3 is 4.90 Å². The van der Waals surface area contributed by atoms with Crippen LogP contribution in [0, 0.1) is 17.1 Å². The minimum absolute atomic E-state index is 0.0854.